The first-order chi connectivity index (χ1) is 17.5. The highest BCUT2D eigenvalue weighted by Gasteiger charge is 2.23. The van der Waals surface area contributed by atoms with E-state index in [-0.39, 0.29) is 16.9 Å². The zero-order valence-electron chi connectivity index (χ0n) is 20.2. The quantitative estimate of drug-likeness (QED) is 0.342. The molecule has 1 aliphatic rings. The van der Waals surface area contributed by atoms with Crippen LogP contribution < -0.4 is 20.3 Å². The van der Waals surface area contributed by atoms with E-state index in [9.17, 15) is 9.59 Å². The third-order valence-electron chi connectivity index (χ3n) is 5.88. The highest BCUT2D eigenvalue weighted by atomic mass is 32.1. The Morgan fingerprint density at radius 2 is 1.81 bits per heavy atom. The molecule has 188 valence electrons. The second-order valence-electron chi connectivity index (χ2n) is 8.44. The van der Waals surface area contributed by atoms with Gasteiger partial charge in [0.25, 0.3) is 11.8 Å². The van der Waals surface area contributed by atoms with Crippen molar-refractivity contribution in [2.45, 2.75) is 19.8 Å². The largest absolute Gasteiger partial charge is 0.494 e. The Bertz CT molecular complexity index is 1170. The van der Waals surface area contributed by atoms with Crippen LogP contribution in [0, 0.1) is 0 Å². The number of thiocarbonyl (C=S) groups is 1. The molecule has 0 radical (unpaired) electrons. The summed E-state index contributed by atoms with van der Waals surface area (Å²) in [5.74, 6) is 0.657. The van der Waals surface area contributed by atoms with Crippen LogP contribution in [-0.2, 0) is 0 Å². The Balaban J connectivity index is 1.25. The highest BCUT2D eigenvalue weighted by Crippen LogP contribution is 2.20. The van der Waals surface area contributed by atoms with Gasteiger partial charge in [-0.1, -0.05) is 19.4 Å². The summed E-state index contributed by atoms with van der Waals surface area (Å²) in [7, 11) is 0. The van der Waals surface area contributed by atoms with Gasteiger partial charge in [0.15, 0.2) is 10.9 Å². The van der Waals surface area contributed by atoms with Gasteiger partial charge >= 0.3 is 0 Å². The molecule has 4 rings (SSSR count). The summed E-state index contributed by atoms with van der Waals surface area (Å²) in [5, 5.41) is 5.99. The highest BCUT2D eigenvalue weighted by molar-refractivity contribution is 7.80. The lowest BCUT2D eigenvalue weighted by molar-refractivity contribution is 0.0714. The summed E-state index contributed by atoms with van der Waals surface area (Å²) in [6.45, 7) is 5.43. The van der Waals surface area contributed by atoms with E-state index in [0.717, 1.165) is 37.3 Å². The zero-order chi connectivity index (χ0) is 25.3. The van der Waals surface area contributed by atoms with Gasteiger partial charge in [0.1, 0.15) is 5.75 Å². The summed E-state index contributed by atoms with van der Waals surface area (Å²) >= 11 is 5.33. The van der Waals surface area contributed by atoms with E-state index in [4.69, 9.17) is 21.4 Å². The van der Waals surface area contributed by atoms with Crippen molar-refractivity contribution < 1.29 is 18.7 Å². The zero-order valence-corrected chi connectivity index (χ0v) is 21.1. The van der Waals surface area contributed by atoms with Crippen LogP contribution in [0.2, 0.25) is 0 Å². The molecular weight excluding hydrogens is 476 g/mol. The first-order valence-electron chi connectivity index (χ1n) is 12.1. The van der Waals surface area contributed by atoms with Gasteiger partial charge in [-0.2, -0.15) is 0 Å². The number of unbranched alkanes of at least 4 members (excludes halogenated alkanes) is 1. The van der Waals surface area contributed by atoms with E-state index in [1.54, 1.807) is 35.2 Å². The van der Waals surface area contributed by atoms with Crippen LogP contribution in [-0.4, -0.2) is 54.6 Å². The number of anilines is 2. The fourth-order valence-electron chi connectivity index (χ4n) is 3.88. The number of benzene rings is 2. The Hall–Kier alpha value is -3.85. The van der Waals surface area contributed by atoms with Crippen LogP contribution in [0.15, 0.2) is 71.3 Å². The Labute approximate surface area is 216 Å². The van der Waals surface area contributed by atoms with Crippen LogP contribution in [0.25, 0.3) is 0 Å². The van der Waals surface area contributed by atoms with Gasteiger partial charge in [-0.3, -0.25) is 14.9 Å². The molecule has 2 N–H and O–H groups in total. The number of nitrogens with one attached hydrogen (secondary N) is 2. The number of piperazine rings is 1. The summed E-state index contributed by atoms with van der Waals surface area (Å²) in [6, 6.07) is 18.3. The normalized spacial score (nSPS) is 13.2. The van der Waals surface area contributed by atoms with Crippen molar-refractivity contribution >= 4 is 40.5 Å². The molecule has 2 amide bonds. The van der Waals surface area contributed by atoms with Gasteiger partial charge < -0.3 is 24.3 Å². The van der Waals surface area contributed by atoms with Crippen molar-refractivity contribution in [2.75, 3.05) is 43.0 Å². The predicted molar refractivity (Wildman–Crippen MR) is 144 cm³/mol. The molecule has 1 aliphatic heterocycles. The summed E-state index contributed by atoms with van der Waals surface area (Å²) < 4.78 is 10.9. The van der Waals surface area contributed by atoms with Crippen molar-refractivity contribution in [2.24, 2.45) is 0 Å². The van der Waals surface area contributed by atoms with Crippen LogP contribution in [0.4, 0.5) is 11.4 Å². The van der Waals surface area contributed by atoms with Gasteiger partial charge in [-0.25, -0.2) is 0 Å². The molecule has 1 aromatic heterocycles. The molecule has 3 aromatic rings. The number of amides is 2. The summed E-state index contributed by atoms with van der Waals surface area (Å²) in [6.07, 6.45) is 3.52. The second kappa shape index (κ2) is 12.2. The van der Waals surface area contributed by atoms with E-state index in [1.165, 1.54) is 6.26 Å². The van der Waals surface area contributed by atoms with Crippen molar-refractivity contribution in [3.8, 4) is 5.75 Å². The standard InChI is InChI=1S/C27H30N4O4S/c1-2-3-17-34-23-7-4-6-20(19-23)25(32)29-27(36)28-21-9-11-22(12-10-21)30-13-15-31(16-14-30)26(33)24-8-5-18-35-24/h4-12,18-19H,2-3,13-17H2,1H3,(H2,28,29,32,36). The summed E-state index contributed by atoms with van der Waals surface area (Å²) in [4.78, 5) is 29.1. The van der Waals surface area contributed by atoms with Crippen LogP contribution in [0.1, 0.15) is 40.7 Å². The fraction of sp³-hybridized carbons (Fsp3) is 0.296. The molecule has 0 saturated carbocycles. The molecule has 1 saturated heterocycles. The first-order valence-corrected chi connectivity index (χ1v) is 12.5. The Kier molecular flexibility index (Phi) is 8.57. The van der Waals surface area contributed by atoms with Crippen LogP contribution >= 0.6 is 12.2 Å². The molecule has 2 aromatic carbocycles. The van der Waals surface area contributed by atoms with Gasteiger partial charge in [-0.05, 0) is 73.2 Å². The predicted octanol–water partition coefficient (Wildman–Crippen LogP) is 4.55. The maximum Gasteiger partial charge on any atom is 0.289 e. The van der Waals surface area contributed by atoms with E-state index in [2.05, 4.69) is 22.5 Å². The van der Waals surface area contributed by atoms with Crippen molar-refractivity contribution in [3.63, 3.8) is 0 Å². The molecule has 36 heavy (non-hydrogen) atoms. The molecule has 0 unspecified atom stereocenters. The monoisotopic (exact) mass is 506 g/mol. The lowest BCUT2D eigenvalue weighted by Gasteiger charge is -2.35. The van der Waals surface area contributed by atoms with Gasteiger partial charge in [-0.15, -0.1) is 0 Å². The van der Waals surface area contributed by atoms with Gasteiger partial charge in [0, 0.05) is 43.1 Å². The minimum absolute atomic E-state index is 0.0782. The van der Waals surface area contributed by atoms with Crippen LogP contribution in [0.5, 0.6) is 5.75 Å². The number of ether oxygens (including phenoxy) is 1. The van der Waals surface area contributed by atoms with E-state index in [1.807, 2.05) is 30.3 Å². The molecule has 0 bridgehead atoms. The van der Waals surface area contributed by atoms with Crippen molar-refractivity contribution in [1.29, 1.82) is 0 Å². The lowest BCUT2D eigenvalue weighted by Crippen LogP contribution is -2.48. The Morgan fingerprint density at radius 1 is 1.03 bits per heavy atom. The number of nitrogens with zero attached hydrogens (tertiary/aromatic N) is 2. The average molecular weight is 507 g/mol. The molecule has 9 heteroatoms. The van der Waals surface area contributed by atoms with Gasteiger partial charge in [0.2, 0.25) is 0 Å². The van der Waals surface area contributed by atoms with Crippen molar-refractivity contribution in [1.82, 2.24) is 10.2 Å². The first kappa shape index (κ1) is 25.2. The minimum atomic E-state index is -0.299. The number of hydrogen-bond donors (Lipinski definition) is 2. The van der Waals surface area contributed by atoms with Crippen molar-refractivity contribution in [3.05, 3.63) is 78.3 Å². The number of carbonyl (C=O) groups excluding carboxylic acids is 2. The minimum Gasteiger partial charge on any atom is -0.494 e. The molecule has 8 nitrogen and oxygen atoms in total. The topological polar surface area (TPSA) is 87.0 Å². The third-order valence-corrected chi connectivity index (χ3v) is 6.08. The third kappa shape index (κ3) is 6.63. The Morgan fingerprint density at radius 3 is 2.50 bits per heavy atom. The van der Waals surface area contributed by atoms with E-state index in [0.29, 0.717) is 36.8 Å². The molecule has 0 spiro atoms. The molecule has 0 atom stereocenters. The molecule has 0 aliphatic carbocycles. The summed E-state index contributed by atoms with van der Waals surface area (Å²) in [5.41, 5.74) is 2.31. The molecular formula is C27H30N4O4S. The number of carbonyl (C=O) groups is 2. The SMILES string of the molecule is CCCCOc1cccc(C(=O)NC(=S)Nc2ccc(N3CCN(C(=O)c4ccco4)CC3)cc2)c1. The lowest BCUT2D eigenvalue weighted by atomic mass is 10.2. The van der Waals surface area contributed by atoms with Crippen LogP contribution in [0.3, 0.4) is 0 Å². The van der Waals surface area contributed by atoms with Gasteiger partial charge in [0.05, 0.1) is 12.9 Å². The molecule has 2 heterocycles. The fourth-order valence-corrected chi connectivity index (χ4v) is 4.09. The number of rotatable bonds is 8. The maximum atomic E-state index is 12.6. The number of furan rings is 1. The second-order valence-corrected chi connectivity index (χ2v) is 8.85. The maximum absolute atomic E-state index is 12.6. The molecule has 1 fully saturated rings. The number of hydrogen-bond acceptors (Lipinski definition) is 6. The average Bonchev–Trinajstić information content (AvgIpc) is 3.44. The van der Waals surface area contributed by atoms with E-state index >= 15 is 0 Å². The smallest absolute Gasteiger partial charge is 0.289 e. The van der Waals surface area contributed by atoms with E-state index < -0.39 is 0 Å².